The zero-order valence-corrected chi connectivity index (χ0v) is 11.2. The van der Waals surface area contributed by atoms with Crippen molar-refractivity contribution in [3.63, 3.8) is 0 Å². The van der Waals surface area contributed by atoms with Crippen LogP contribution in [0.2, 0.25) is 0 Å². The molecule has 0 spiro atoms. The lowest BCUT2D eigenvalue weighted by atomic mass is 10.2. The van der Waals surface area contributed by atoms with Crippen molar-refractivity contribution in [3.8, 4) is 0 Å². The summed E-state index contributed by atoms with van der Waals surface area (Å²) in [6.45, 7) is 2.58. The number of anilines is 2. The summed E-state index contributed by atoms with van der Waals surface area (Å²) in [5.41, 5.74) is 2.06. The lowest BCUT2D eigenvalue weighted by Gasteiger charge is -2.05. The van der Waals surface area contributed by atoms with Crippen LogP contribution in [0.15, 0.2) is 27.1 Å². The van der Waals surface area contributed by atoms with Gasteiger partial charge in [0.15, 0.2) is 0 Å². The molecule has 90 valence electrons. The quantitative estimate of drug-likeness (QED) is 0.908. The highest BCUT2D eigenvalue weighted by molar-refractivity contribution is 9.10. The minimum atomic E-state index is 0.403. The Morgan fingerprint density at radius 1 is 1.35 bits per heavy atom. The van der Waals surface area contributed by atoms with Gasteiger partial charge in [-0.1, -0.05) is 21.0 Å². The SMILES string of the molecule is CNCc1nnc(Nc2ccc(Br)cc2C)o1. The number of nitrogens with one attached hydrogen (secondary N) is 2. The minimum Gasteiger partial charge on any atom is -0.406 e. The summed E-state index contributed by atoms with van der Waals surface area (Å²) in [6.07, 6.45) is 0. The number of benzene rings is 1. The summed E-state index contributed by atoms with van der Waals surface area (Å²) in [5.74, 6) is 0.560. The first-order chi connectivity index (χ1) is 8.19. The van der Waals surface area contributed by atoms with E-state index in [-0.39, 0.29) is 0 Å². The van der Waals surface area contributed by atoms with Crippen molar-refractivity contribution >= 4 is 27.6 Å². The van der Waals surface area contributed by atoms with Crippen LogP contribution in [0.1, 0.15) is 11.5 Å². The standard InChI is InChI=1S/C11H13BrN4O/c1-7-5-8(12)3-4-9(7)14-11-16-15-10(17-11)6-13-2/h3-5,13H,6H2,1-2H3,(H,14,16). The second-order valence-electron chi connectivity index (χ2n) is 3.62. The van der Waals surface area contributed by atoms with Gasteiger partial charge in [-0.3, -0.25) is 0 Å². The molecule has 0 fully saturated rings. The predicted octanol–water partition coefficient (Wildman–Crippen LogP) is 2.60. The maximum Gasteiger partial charge on any atom is 0.320 e. The van der Waals surface area contributed by atoms with E-state index in [4.69, 9.17) is 4.42 Å². The van der Waals surface area contributed by atoms with Gasteiger partial charge in [-0.25, -0.2) is 0 Å². The van der Waals surface area contributed by atoms with E-state index in [2.05, 4.69) is 36.8 Å². The number of aromatic nitrogens is 2. The van der Waals surface area contributed by atoms with Crippen molar-refractivity contribution < 1.29 is 4.42 Å². The van der Waals surface area contributed by atoms with Crippen molar-refractivity contribution in [2.75, 3.05) is 12.4 Å². The molecule has 0 saturated heterocycles. The van der Waals surface area contributed by atoms with Crippen LogP contribution in [-0.4, -0.2) is 17.2 Å². The molecule has 0 aliphatic heterocycles. The monoisotopic (exact) mass is 296 g/mol. The molecule has 6 heteroatoms. The summed E-state index contributed by atoms with van der Waals surface area (Å²) >= 11 is 3.42. The van der Waals surface area contributed by atoms with Crippen molar-refractivity contribution in [2.45, 2.75) is 13.5 Å². The third-order valence-corrected chi connectivity index (χ3v) is 2.72. The van der Waals surface area contributed by atoms with E-state index in [9.17, 15) is 0 Å². The van der Waals surface area contributed by atoms with Crippen LogP contribution in [0.25, 0.3) is 0 Å². The number of hydrogen-bond acceptors (Lipinski definition) is 5. The van der Waals surface area contributed by atoms with Gasteiger partial charge in [0.05, 0.1) is 6.54 Å². The average Bonchev–Trinajstić information content (AvgIpc) is 2.71. The van der Waals surface area contributed by atoms with E-state index in [0.717, 1.165) is 15.7 Å². The summed E-state index contributed by atoms with van der Waals surface area (Å²) in [5, 5.41) is 13.9. The Kier molecular flexibility index (Phi) is 3.75. The van der Waals surface area contributed by atoms with Crippen LogP contribution in [-0.2, 0) is 6.54 Å². The maximum absolute atomic E-state index is 5.41. The van der Waals surface area contributed by atoms with Crippen LogP contribution in [0.4, 0.5) is 11.7 Å². The Bertz CT molecular complexity index is 512. The molecule has 0 amide bonds. The molecule has 0 aliphatic carbocycles. The first-order valence-corrected chi connectivity index (χ1v) is 5.98. The fraction of sp³-hybridized carbons (Fsp3) is 0.273. The van der Waals surface area contributed by atoms with E-state index < -0.39 is 0 Å². The second-order valence-corrected chi connectivity index (χ2v) is 4.53. The second kappa shape index (κ2) is 5.29. The van der Waals surface area contributed by atoms with Gasteiger partial charge in [0.25, 0.3) is 0 Å². The zero-order valence-electron chi connectivity index (χ0n) is 9.62. The Morgan fingerprint density at radius 3 is 2.88 bits per heavy atom. The average molecular weight is 297 g/mol. The number of halogens is 1. The largest absolute Gasteiger partial charge is 0.406 e. The van der Waals surface area contributed by atoms with Crippen LogP contribution < -0.4 is 10.6 Å². The Labute approximate surface area is 108 Å². The fourth-order valence-corrected chi connectivity index (χ4v) is 1.88. The number of hydrogen-bond donors (Lipinski definition) is 2. The number of aryl methyl sites for hydroxylation is 1. The molecular weight excluding hydrogens is 284 g/mol. The molecule has 2 rings (SSSR count). The third kappa shape index (κ3) is 3.04. The van der Waals surface area contributed by atoms with Gasteiger partial charge >= 0.3 is 6.01 Å². The summed E-state index contributed by atoms with van der Waals surface area (Å²) in [7, 11) is 1.83. The maximum atomic E-state index is 5.41. The zero-order chi connectivity index (χ0) is 12.3. The highest BCUT2D eigenvalue weighted by Crippen LogP contribution is 2.23. The van der Waals surface area contributed by atoms with Crippen LogP contribution in [0.3, 0.4) is 0 Å². The van der Waals surface area contributed by atoms with E-state index in [1.54, 1.807) is 0 Å². The number of rotatable bonds is 4. The highest BCUT2D eigenvalue weighted by atomic mass is 79.9. The first-order valence-electron chi connectivity index (χ1n) is 5.19. The lowest BCUT2D eigenvalue weighted by Crippen LogP contribution is -2.04. The Balaban J connectivity index is 2.13. The summed E-state index contributed by atoms with van der Waals surface area (Å²) < 4.78 is 6.45. The van der Waals surface area contributed by atoms with Crippen molar-refractivity contribution in [1.29, 1.82) is 0 Å². The van der Waals surface area contributed by atoms with Crippen LogP contribution >= 0.6 is 15.9 Å². The van der Waals surface area contributed by atoms with Gasteiger partial charge in [0.1, 0.15) is 0 Å². The topological polar surface area (TPSA) is 63.0 Å². The molecule has 1 aromatic carbocycles. The van der Waals surface area contributed by atoms with Crippen LogP contribution in [0.5, 0.6) is 0 Å². The van der Waals surface area contributed by atoms with Crippen molar-refractivity contribution in [3.05, 3.63) is 34.1 Å². The van der Waals surface area contributed by atoms with E-state index in [1.807, 2.05) is 32.2 Å². The van der Waals surface area contributed by atoms with Crippen LogP contribution in [0, 0.1) is 6.92 Å². The molecule has 2 N–H and O–H groups in total. The number of nitrogens with zero attached hydrogens (tertiary/aromatic N) is 2. The first kappa shape index (κ1) is 12.1. The normalized spacial score (nSPS) is 10.5. The van der Waals surface area contributed by atoms with E-state index in [0.29, 0.717) is 18.5 Å². The molecule has 0 saturated carbocycles. The molecule has 0 bridgehead atoms. The molecule has 0 unspecified atom stereocenters. The van der Waals surface area contributed by atoms with Gasteiger partial charge in [0.2, 0.25) is 5.89 Å². The summed E-state index contributed by atoms with van der Waals surface area (Å²) in [6, 6.07) is 6.34. The van der Waals surface area contributed by atoms with Gasteiger partial charge in [0, 0.05) is 10.2 Å². The van der Waals surface area contributed by atoms with Gasteiger partial charge in [-0.05, 0) is 37.7 Å². The lowest BCUT2D eigenvalue weighted by molar-refractivity contribution is 0.493. The molecule has 0 atom stereocenters. The fourth-order valence-electron chi connectivity index (χ4n) is 1.41. The van der Waals surface area contributed by atoms with Crippen molar-refractivity contribution in [1.82, 2.24) is 15.5 Å². The highest BCUT2D eigenvalue weighted by Gasteiger charge is 2.06. The van der Waals surface area contributed by atoms with E-state index >= 15 is 0 Å². The van der Waals surface area contributed by atoms with Gasteiger partial charge in [-0.15, -0.1) is 5.10 Å². The van der Waals surface area contributed by atoms with E-state index in [1.165, 1.54) is 0 Å². The molecule has 1 aromatic heterocycles. The van der Waals surface area contributed by atoms with Crippen molar-refractivity contribution in [2.24, 2.45) is 0 Å². The smallest absolute Gasteiger partial charge is 0.320 e. The summed E-state index contributed by atoms with van der Waals surface area (Å²) in [4.78, 5) is 0. The van der Waals surface area contributed by atoms with Gasteiger partial charge in [-0.2, -0.15) is 0 Å². The molecular formula is C11H13BrN4O. The molecule has 17 heavy (non-hydrogen) atoms. The molecule has 5 nitrogen and oxygen atoms in total. The Hall–Kier alpha value is -1.40. The molecule has 0 radical (unpaired) electrons. The minimum absolute atomic E-state index is 0.403. The third-order valence-electron chi connectivity index (χ3n) is 2.22. The molecule has 1 heterocycles. The van der Waals surface area contributed by atoms with Gasteiger partial charge < -0.3 is 15.1 Å². The Morgan fingerprint density at radius 2 is 2.18 bits per heavy atom. The molecule has 2 aromatic rings. The predicted molar refractivity (Wildman–Crippen MR) is 69.2 cm³/mol. The molecule has 0 aliphatic rings.